The molecule has 0 amide bonds. The average molecular weight is 131 g/mol. The van der Waals surface area contributed by atoms with E-state index in [1.807, 2.05) is 0 Å². The normalized spacial score (nSPS) is 12.7. The second-order valence-corrected chi connectivity index (χ2v) is 1.91. The lowest BCUT2D eigenvalue weighted by Crippen LogP contribution is -2.29. The predicted octanol–water partition coefficient (Wildman–Crippen LogP) is -0.630. The van der Waals surface area contributed by atoms with Gasteiger partial charge in [0.05, 0.1) is 5.71 Å². The fourth-order valence-electron chi connectivity index (χ4n) is 0.519. The molecule has 0 spiro atoms. The minimum atomic E-state index is 0.0231. The highest BCUT2D eigenvalue weighted by molar-refractivity contribution is 5.84. The summed E-state index contributed by atoms with van der Waals surface area (Å²) in [5.74, 6) is 0.0231. The van der Waals surface area contributed by atoms with E-state index in [2.05, 4.69) is 5.16 Å². The first-order chi connectivity index (χ1) is 4.26. The molecular formula is C5H13N3O. The van der Waals surface area contributed by atoms with E-state index in [-0.39, 0.29) is 5.92 Å². The van der Waals surface area contributed by atoms with Crippen LogP contribution in [0.25, 0.3) is 0 Å². The number of hydrogen-bond acceptors (Lipinski definition) is 4. The molecule has 0 atom stereocenters. The van der Waals surface area contributed by atoms with Crippen LogP contribution in [0.5, 0.6) is 0 Å². The molecule has 0 radical (unpaired) electrons. The molecule has 0 aromatic rings. The van der Waals surface area contributed by atoms with E-state index in [1.54, 1.807) is 6.92 Å². The maximum atomic E-state index is 8.24. The zero-order valence-corrected chi connectivity index (χ0v) is 5.54. The minimum absolute atomic E-state index is 0.0231. The SMILES string of the molecule is C/C(=N\O)C(CN)CN. The Labute approximate surface area is 54.5 Å². The molecule has 0 aliphatic rings. The molecular weight excluding hydrogens is 118 g/mol. The summed E-state index contributed by atoms with van der Waals surface area (Å²) < 4.78 is 0. The average Bonchev–Trinajstić information content (AvgIpc) is 1.90. The van der Waals surface area contributed by atoms with Gasteiger partial charge in [-0.05, 0) is 6.92 Å². The van der Waals surface area contributed by atoms with E-state index in [0.29, 0.717) is 18.8 Å². The Kier molecular flexibility index (Phi) is 4.00. The third-order valence-electron chi connectivity index (χ3n) is 1.32. The molecule has 0 aromatic heterocycles. The monoisotopic (exact) mass is 131 g/mol. The molecule has 0 rings (SSSR count). The molecule has 9 heavy (non-hydrogen) atoms. The van der Waals surface area contributed by atoms with E-state index >= 15 is 0 Å². The lowest BCUT2D eigenvalue weighted by molar-refractivity contribution is 0.314. The highest BCUT2D eigenvalue weighted by atomic mass is 16.4. The number of oxime groups is 1. The second kappa shape index (κ2) is 4.29. The van der Waals surface area contributed by atoms with E-state index in [4.69, 9.17) is 16.7 Å². The van der Waals surface area contributed by atoms with Crippen molar-refractivity contribution in [2.75, 3.05) is 13.1 Å². The maximum absolute atomic E-state index is 8.24. The molecule has 4 nitrogen and oxygen atoms in total. The first kappa shape index (κ1) is 8.39. The van der Waals surface area contributed by atoms with E-state index in [0.717, 1.165) is 0 Å². The van der Waals surface area contributed by atoms with Crippen LogP contribution in [-0.2, 0) is 0 Å². The van der Waals surface area contributed by atoms with Gasteiger partial charge in [0.25, 0.3) is 0 Å². The van der Waals surface area contributed by atoms with Gasteiger partial charge in [-0.1, -0.05) is 5.16 Å². The first-order valence-electron chi connectivity index (χ1n) is 2.85. The molecule has 0 saturated heterocycles. The van der Waals surface area contributed by atoms with Gasteiger partial charge in [0.1, 0.15) is 0 Å². The van der Waals surface area contributed by atoms with Crippen molar-refractivity contribution >= 4 is 5.71 Å². The van der Waals surface area contributed by atoms with Crippen molar-refractivity contribution in [3.05, 3.63) is 0 Å². The first-order valence-corrected chi connectivity index (χ1v) is 2.85. The van der Waals surface area contributed by atoms with Crippen molar-refractivity contribution in [2.24, 2.45) is 22.5 Å². The van der Waals surface area contributed by atoms with Gasteiger partial charge in [-0.25, -0.2) is 0 Å². The molecule has 0 unspecified atom stereocenters. The highest BCUT2D eigenvalue weighted by Crippen LogP contribution is 1.93. The zero-order valence-electron chi connectivity index (χ0n) is 5.54. The fraction of sp³-hybridized carbons (Fsp3) is 0.800. The summed E-state index contributed by atoms with van der Waals surface area (Å²) in [5, 5.41) is 11.2. The molecule has 5 N–H and O–H groups in total. The van der Waals surface area contributed by atoms with Gasteiger partial charge in [0.15, 0.2) is 0 Å². The molecule has 0 aliphatic carbocycles. The molecule has 0 fully saturated rings. The lowest BCUT2D eigenvalue weighted by Gasteiger charge is -2.08. The van der Waals surface area contributed by atoms with Crippen molar-refractivity contribution in [1.82, 2.24) is 0 Å². The van der Waals surface area contributed by atoms with Crippen LogP contribution in [-0.4, -0.2) is 24.0 Å². The highest BCUT2D eigenvalue weighted by Gasteiger charge is 2.06. The largest absolute Gasteiger partial charge is 0.411 e. The fourth-order valence-corrected chi connectivity index (χ4v) is 0.519. The molecule has 0 bridgehead atoms. The van der Waals surface area contributed by atoms with Gasteiger partial charge in [-0.15, -0.1) is 0 Å². The Morgan fingerprint density at radius 3 is 2.11 bits per heavy atom. The van der Waals surface area contributed by atoms with Gasteiger partial charge < -0.3 is 16.7 Å². The molecule has 4 heteroatoms. The Bertz CT molecular complexity index is 98.4. The molecule has 0 saturated carbocycles. The summed E-state index contributed by atoms with van der Waals surface area (Å²) in [6.45, 7) is 2.57. The number of rotatable bonds is 3. The van der Waals surface area contributed by atoms with Crippen LogP contribution in [0.2, 0.25) is 0 Å². The molecule has 0 aliphatic heterocycles. The van der Waals surface area contributed by atoms with Gasteiger partial charge in [-0.2, -0.15) is 0 Å². The minimum Gasteiger partial charge on any atom is -0.411 e. The van der Waals surface area contributed by atoms with Gasteiger partial charge in [0, 0.05) is 19.0 Å². The quantitative estimate of drug-likeness (QED) is 0.271. The van der Waals surface area contributed by atoms with Crippen LogP contribution >= 0.6 is 0 Å². The van der Waals surface area contributed by atoms with Crippen LogP contribution in [0, 0.1) is 5.92 Å². The van der Waals surface area contributed by atoms with Crippen LogP contribution in [0.3, 0.4) is 0 Å². The van der Waals surface area contributed by atoms with Gasteiger partial charge >= 0.3 is 0 Å². The van der Waals surface area contributed by atoms with Crippen molar-refractivity contribution in [3.8, 4) is 0 Å². The van der Waals surface area contributed by atoms with E-state index in [1.165, 1.54) is 0 Å². The van der Waals surface area contributed by atoms with Crippen molar-refractivity contribution in [2.45, 2.75) is 6.92 Å². The van der Waals surface area contributed by atoms with E-state index in [9.17, 15) is 0 Å². The molecule has 0 aromatic carbocycles. The van der Waals surface area contributed by atoms with Crippen LogP contribution in [0.1, 0.15) is 6.92 Å². The topological polar surface area (TPSA) is 84.6 Å². The number of hydrogen-bond donors (Lipinski definition) is 3. The summed E-state index contributed by atoms with van der Waals surface area (Å²) in [6.07, 6.45) is 0. The Balaban J connectivity index is 3.79. The summed E-state index contributed by atoms with van der Waals surface area (Å²) in [6, 6.07) is 0. The number of nitrogens with two attached hydrogens (primary N) is 2. The summed E-state index contributed by atoms with van der Waals surface area (Å²) in [7, 11) is 0. The summed E-state index contributed by atoms with van der Waals surface area (Å²) in [5.41, 5.74) is 11.2. The van der Waals surface area contributed by atoms with Crippen LogP contribution in [0.4, 0.5) is 0 Å². The Hall–Kier alpha value is -0.610. The zero-order chi connectivity index (χ0) is 7.28. The molecule has 0 heterocycles. The van der Waals surface area contributed by atoms with E-state index < -0.39 is 0 Å². The van der Waals surface area contributed by atoms with Crippen molar-refractivity contribution in [1.29, 1.82) is 0 Å². The maximum Gasteiger partial charge on any atom is 0.0596 e. The Morgan fingerprint density at radius 1 is 1.56 bits per heavy atom. The van der Waals surface area contributed by atoms with Crippen LogP contribution < -0.4 is 11.5 Å². The standard InChI is InChI=1S/C5H13N3O/c1-4(8-9)5(2-6)3-7/h5,9H,2-3,6-7H2,1H3/b8-4+. The summed E-state index contributed by atoms with van der Waals surface area (Å²) >= 11 is 0. The van der Waals surface area contributed by atoms with Gasteiger partial charge in [0.2, 0.25) is 0 Å². The van der Waals surface area contributed by atoms with Crippen molar-refractivity contribution in [3.63, 3.8) is 0 Å². The van der Waals surface area contributed by atoms with Gasteiger partial charge in [-0.3, -0.25) is 0 Å². The third-order valence-corrected chi connectivity index (χ3v) is 1.32. The summed E-state index contributed by atoms with van der Waals surface area (Å²) in [4.78, 5) is 0. The van der Waals surface area contributed by atoms with Crippen LogP contribution in [0.15, 0.2) is 5.16 Å². The van der Waals surface area contributed by atoms with Crippen molar-refractivity contribution < 1.29 is 5.21 Å². The Morgan fingerprint density at radius 2 is 2.00 bits per heavy atom. The smallest absolute Gasteiger partial charge is 0.0596 e. The number of nitrogens with zero attached hydrogens (tertiary/aromatic N) is 1. The predicted molar refractivity (Wildman–Crippen MR) is 36.5 cm³/mol. The lowest BCUT2D eigenvalue weighted by atomic mass is 10.1. The third kappa shape index (κ3) is 2.43. The molecule has 54 valence electrons. The second-order valence-electron chi connectivity index (χ2n) is 1.91.